The molecule has 0 bridgehead atoms. The van der Waals surface area contributed by atoms with Gasteiger partial charge >= 0.3 is 0 Å². The molecule has 5 nitrogen and oxygen atoms in total. The van der Waals surface area contributed by atoms with E-state index < -0.39 is 6.10 Å². The highest BCUT2D eigenvalue weighted by atomic mass is 16.5. The van der Waals surface area contributed by atoms with E-state index >= 15 is 0 Å². The van der Waals surface area contributed by atoms with Gasteiger partial charge < -0.3 is 14.4 Å². The average molecular weight is 288 g/mol. The second kappa shape index (κ2) is 6.37. The van der Waals surface area contributed by atoms with E-state index in [1.807, 2.05) is 37.3 Å². The fourth-order valence-corrected chi connectivity index (χ4v) is 2.42. The van der Waals surface area contributed by atoms with Crippen LogP contribution in [0.3, 0.4) is 0 Å². The third kappa shape index (κ3) is 3.49. The zero-order valence-electron chi connectivity index (χ0n) is 12.1. The van der Waals surface area contributed by atoms with Gasteiger partial charge in [0.05, 0.1) is 12.5 Å². The molecule has 21 heavy (non-hydrogen) atoms. The zero-order valence-corrected chi connectivity index (χ0v) is 12.1. The van der Waals surface area contributed by atoms with Gasteiger partial charge in [-0.25, -0.2) is 0 Å². The highest BCUT2D eigenvalue weighted by molar-refractivity contribution is 5.18. The Balaban J connectivity index is 1.67. The van der Waals surface area contributed by atoms with Crippen molar-refractivity contribution in [1.29, 1.82) is 0 Å². The largest absolute Gasteiger partial charge is 0.388 e. The summed E-state index contributed by atoms with van der Waals surface area (Å²) in [5, 5.41) is 14.2. The van der Waals surface area contributed by atoms with Gasteiger partial charge in [-0.05, 0) is 31.2 Å². The summed E-state index contributed by atoms with van der Waals surface area (Å²) in [6.45, 7) is 2.60. The van der Waals surface area contributed by atoms with Crippen molar-refractivity contribution in [3.63, 3.8) is 0 Å². The van der Waals surface area contributed by atoms with Crippen molar-refractivity contribution in [2.45, 2.75) is 38.4 Å². The van der Waals surface area contributed by atoms with Crippen molar-refractivity contribution in [3.8, 4) is 0 Å². The van der Waals surface area contributed by atoms with Crippen LogP contribution in [0.1, 0.15) is 49.3 Å². The summed E-state index contributed by atoms with van der Waals surface area (Å²) in [6.07, 6.45) is 1.93. The van der Waals surface area contributed by atoms with Crippen LogP contribution in [-0.2, 0) is 11.2 Å². The van der Waals surface area contributed by atoms with E-state index in [1.165, 1.54) is 0 Å². The minimum absolute atomic E-state index is 0.0682. The average Bonchev–Trinajstić information content (AvgIpc) is 3.25. The van der Waals surface area contributed by atoms with E-state index in [9.17, 15) is 5.11 Å². The number of hydrogen-bond acceptors (Lipinski definition) is 5. The lowest BCUT2D eigenvalue weighted by Crippen LogP contribution is -2.09. The van der Waals surface area contributed by atoms with Crippen molar-refractivity contribution < 1.29 is 14.4 Å². The van der Waals surface area contributed by atoms with Crippen LogP contribution in [0.25, 0.3) is 0 Å². The van der Waals surface area contributed by atoms with Crippen molar-refractivity contribution in [2.75, 3.05) is 6.61 Å². The Kier molecular flexibility index (Phi) is 4.31. The predicted octanol–water partition coefficient (Wildman–Crippen LogP) is 2.83. The van der Waals surface area contributed by atoms with Gasteiger partial charge in [-0.2, -0.15) is 4.98 Å². The Hall–Kier alpha value is -1.72. The molecular weight excluding hydrogens is 268 g/mol. The molecular formula is C16H20N2O3. The molecule has 2 unspecified atom stereocenters. The lowest BCUT2D eigenvalue weighted by atomic mass is 10.1. The zero-order chi connectivity index (χ0) is 14.7. The summed E-state index contributed by atoms with van der Waals surface area (Å²) in [6, 6.07) is 9.49. The summed E-state index contributed by atoms with van der Waals surface area (Å²) in [4.78, 5) is 4.39. The van der Waals surface area contributed by atoms with E-state index in [0.29, 0.717) is 30.7 Å². The molecule has 3 rings (SSSR count). The highest BCUT2D eigenvalue weighted by Crippen LogP contribution is 2.42. The van der Waals surface area contributed by atoms with Crippen molar-refractivity contribution >= 4 is 0 Å². The molecule has 1 aliphatic rings. The van der Waals surface area contributed by atoms with Gasteiger partial charge in [0.25, 0.3) is 0 Å². The van der Waals surface area contributed by atoms with Gasteiger partial charge in [0.15, 0.2) is 0 Å². The molecule has 112 valence electrons. The number of ether oxygens (including phenoxy) is 1. The van der Waals surface area contributed by atoms with Crippen LogP contribution >= 0.6 is 0 Å². The standard InChI is InChI=1S/C16H20N2O3/c1-2-20-15(12-8-9-12)16-17-14(21-18-16)10-13(19)11-6-4-3-5-7-11/h3-7,12-13,15,19H,2,8-10H2,1H3. The fraction of sp³-hybridized carbons (Fsp3) is 0.500. The molecule has 0 saturated heterocycles. The second-order valence-corrected chi connectivity index (χ2v) is 5.39. The summed E-state index contributed by atoms with van der Waals surface area (Å²) in [5.74, 6) is 1.57. The first-order valence-corrected chi connectivity index (χ1v) is 7.45. The molecule has 0 spiro atoms. The quantitative estimate of drug-likeness (QED) is 0.848. The first-order chi connectivity index (χ1) is 10.3. The Labute approximate surface area is 123 Å². The number of nitrogens with zero attached hydrogens (tertiary/aromatic N) is 2. The van der Waals surface area contributed by atoms with E-state index in [4.69, 9.17) is 9.26 Å². The molecule has 1 saturated carbocycles. The van der Waals surface area contributed by atoms with Crippen molar-refractivity contribution in [2.24, 2.45) is 5.92 Å². The summed E-state index contributed by atoms with van der Waals surface area (Å²) >= 11 is 0. The lowest BCUT2D eigenvalue weighted by Gasteiger charge is -2.11. The van der Waals surface area contributed by atoms with Gasteiger partial charge in [0.2, 0.25) is 11.7 Å². The monoisotopic (exact) mass is 288 g/mol. The number of aliphatic hydroxyl groups excluding tert-OH is 1. The lowest BCUT2D eigenvalue weighted by molar-refractivity contribution is 0.0384. The minimum Gasteiger partial charge on any atom is -0.388 e. The predicted molar refractivity (Wildman–Crippen MR) is 76.5 cm³/mol. The molecule has 0 radical (unpaired) electrons. The fourth-order valence-electron chi connectivity index (χ4n) is 2.42. The Bertz CT molecular complexity index is 566. The molecule has 1 fully saturated rings. The molecule has 1 heterocycles. The number of aromatic nitrogens is 2. The summed E-state index contributed by atoms with van der Waals surface area (Å²) in [5.41, 5.74) is 0.848. The van der Waals surface area contributed by atoms with E-state index in [-0.39, 0.29) is 6.10 Å². The number of hydrogen-bond donors (Lipinski definition) is 1. The minimum atomic E-state index is -0.633. The van der Waals surface area contributed by atoms with Gasteiger partial charge in [-0.3, -0.25) is 0 Å². The van der Waals surface area contributed by atoms with E-state index in [1.54, 1.807) is 0 Å². The molecule has 5 heteroatoms. The maximum Gasteiger partial charge on any atom is 0.229 e. The third-order valence-electron chi connectivity index (χ3n) is 3.69. The van der Waals surface area contributed by atoms with Crippen LogP contribution in [0.5, 0.6) is 0 Å². The maximum atomic E-state index is 10.2. The van der Waals surface area contributed by atoms with Gasteiger partial charge in [0.1, 0.15) is 6.10 Å². The molecule has 1 aromatic carbocycles. The Morgan fingerprint density at radius 3 is 2.76 bits per heavy atom. The van der Waals surface area contributed by atoms with Crippen LogP contribution in [-0.4, -0.2) is 21.9 Å². The summed E-state index contributed by atoms with van der Waals surface area (Å²) < 4.78 is 11.0. The van der Waals surface area contributed by atoms with Gasteiger partial charge in [0, 0.05) is 6.61 Å². The third-order valence-corrected chi connectivity index (χ3v) is 3.69. The molecule has 0 amide bonds. The summed E-state index contributed by atoms with van der Waals surface area (Å²) in [7, 11) is 0. The number of benzene rings is 1. The maximum absolute atomic E-state index is 10.2. The van der Waals surface area contributed by atoms with Crippen LogP contribution < -0.4 is 0 Å². The van der Waals surface area contributed by atoms with Crippen molar-refractivity contribution in [3.05, 3.63) is 47.6 Å². The SMILES string of the molecule is CCOC(c1noc(CC(O)c2ccccc2)n1)C1CC1. The molecule has 0 aliphatic heterocycles. The van der Waals surface area contributed by atoms with Gasteiger partial charge in [-0.15, -0.1) is 0 Å². The number of aliphatic hydroxyl groups is 1. The molecule has 2 atom stereocenters. The van der Waals surface area contributed by atoms with Crippen LogP contribution in [0, 0.1) is 5.92 Å². The Morgan fingerprint density at radius 1 is 1.33 bits per heavy atom. The van der Waals surface area contributed by atoms with Crippen LogP contribution in [0.4, 0.5) is 0 Å². The molecule has 1 N–H and O–H groups in total. The Morgan fingerprint density at radius 2 is 2.10 bits per heavy atom. The topological polar surface area (TPSA) is 68.4 Å². The smallest absolute Gasteiger partial charge is 0.229 e. The van der Waals surface area contributed by atoms with E-state index in [0.717, 1.165) is 18.4 Å². The first kappa shape index (κ1) is 14.2. The molecule has 2 aromatic rings. The van der Waals surface area contributed by atoms with Crippen LogP contribution in [0.2, 0.25) is 0 Å². The van der Waals surface area contributed by atoms with E-state index in [2.05, 4.69) is 10.1 Å². The normalized spacial score (nSPS) is 17.6. The second-order valence-electron chi connectivity index (χ2n) is 5.39. The molecule has 1 aliphatic carbocycles. The molecule has 1 aromatic heterocycles. The number of rotatable bonds is 7. The first-order valence-electron chi connectivity index (χ1n) is 7.45. The van der Waals surface area contributed by atoms with Gasteiger partial charge in [-0.1, -0.05) is 35.5 Å². The highest BCUT2D eigenvalue weighted by Gasteiger charge is 2.36. The van der Waals surface area contributed by atoms with Crippen LogP contribution in [0.15, 0.2) is 34.9 Å². The van der Waals surface area contributed by atoms with Crippen molar-refractivity contribution in [1.82, 2.24) is 10.1 Å².